The Bertz CT molecular complexity index is 397. The summed E-state index contributed by atoms with van der Waals surface area (Å²) in [5.74, 6) is 0.870. The first-order valence-electron chi connectivity index (χ1n) is 5.19. The van der Waals surface area contributed by atoms with Crippen molar-refractivity contribution >= 4 is 12.0 Å². The average Bonchev–Trinajstić information content (AvgIpc) is 2.24. The van der Waals surface area contributed by atoms with Crippen LogP contribution in [0, 0.1) is 6.92 Å². The van der Waals surface area contributed by atoms with Crippen molar-refractivity contribution < 1.29 is 9.53 Å². The molecule has 0 atom stereocenters. The van der Waals surface area contributed by atoms with E-state index in [2.05, 4.69) is 5.32 Å². The van der Waals surface area contributed by atoms with Crippen molar-refractivity contribution in [2.75, 3.05) is 13.7 Å². The number of hydrogen-bond donors (Lipinski definition) is 1. The van der Waals surface area contributed by atoms with Crippen LogP contribution in [-0.4, -0.2) is 19.6 Å². The molecule has 1 amide bonds. The van der Waals surface area contributed by atoms with Crippen molar-refractivity contribution in [3.8, 4) is 5.75 Å². The fourth-order valence-corrected chi connectivity index (χ4v) is 1.40. The van der Waals surface area contributed by atoms with Crippen LogP contribution in [0.2, 0.25) is 0 Å². The van der Waals surface area contributed by atoms with Gasteiger partial charge in [-0.2, -0.15) is 0 Å². The summed E-state index contributed by atoms with van der Waals surface area (Å²) in [6.07, 6.45) is 3.89. The quantitative estimate of drug-likeness (QED) is 0.842. The number of hydrogen-bond acceptors (Lipinski definition) is 2. The number of benzene rings is 1. The second-order valence-corrected chi connectivity index (χ2v) is 3.57. The minimum absolute atomic E-state index is 0.0180. The van der Waals surface area contributed by atoms with Crippen LogP contribution in [0.5, 0.6) is 5.75 Å². The highest BCUT2D eigenvalue weighted by molar-refractivity contribution is 5.73. The van der Waals surface area contributed by atoms with Gasteiger partial charge in [0.05, 0.1) is 7.11 Å². The lowest BCUT2D eigenvalue weighted by atomic mass is 10.1. The molecule has 1 rings (SSSR count). The van der Waals surface area contributed by atoms with Gasteiger partial charge in [-0.3, -0.25) is 4.79 Å². The predicted molar refractivity (Wildman–Crippen MR) is 65.4 cm³/mol. The molecule has 0 radical (unpaired) electrons. The fourth-order valence-electron chi connectivity index (χ4n) is 1.40. The molecule has 0 aromatic heterocycles. The van der Waals surface area contributed by atoms with Gasteiger partial charge in [-0.15, -0.1) is 0 Å². The first-order chi connectivity index (χ1) is 7.63. The third-order valence-corrected chi connectivity index (χ3v) is 2.20. The van der Waals surface area contributed by atoms with Gasteiger partial charge < -0.3 is 10.1 Å². The van der Waals surface area contributed by atoms with E-state index >= 15 is 0 Å². The second-order valence-electron chi connectivity index (χ2n) is 3.57. The first-order valence-corrected chi connectivity index (χ1v) is 5.19. The molecule has 0 bridgehead atoms. The zero-order chi connectivity index (χ0) is 12.0. The van der Waals surface area contributed by atoms with Gasteiger partial charge in [-0.05, 0) is 30.2 Å². The minimum Gasteiger partial charge on any atom is -0.496 e. The van der Waals surface area contributed by atoms with Gasteiger partial charge in [-0.25, -0.2) is 0 Å². The number of nitrogens with one attached hydrogen (secondary N) is 1. The number of amides is 1. The molecule has 0 heterocycles. The van der Waals surface area contributed by atoms with Crippen LogP contribution < -0.4 is 10.1 Å². The molecule has 0 spiro atoms. The number of rotatable bonds is 4. The molecule has 0 unspecified atom stereocenters. The summed E-state index contributed by atoms with van der Waals surface area (Å²) in [7, 11) is 1.66. The zero-order valence-corrected chi connectivity index (χ0v) is 9.91. The van der Waals surface area contributed by atoms with Gasteiger partial charge in [0.15, 0.2) is 0 Å². The lowest BCUT2D eigenvalue weighted by Crippen LogP contribution is -2.19. The molecule has 0 saturated heterocycles. The Morgan fingerprint density at radius 3 is 2.81 bits per heavy atom. The van der Waals surface area contributed by atoms with Crippen molar-refractivity contribution in [3.05, 3.63) is 35.4 Å². The van der Waals surface area contributed by atoms with Gasteiger partial charge in [0.1, 0.15) is 5.75 Å². The summed E-state index contributed by atoms with van der Waals surface area (Å²) in [6, 6.07) is 5.96. The Morgan fingerprint density at radius 1 is 1.50 bits per heavy atom. The summed E-state index contributed by atoms with van der Waals surface area (Å²) in [4.78, 5) is 10.6. The molecule has 0 aliphatic heterocycles. The normalized spacial score (nSPS) is 10.4. The molecular weight excluding hydrogens is 202 g/mol. The average molecular weight is 219 g/mol. The monoisotopic (exact) mass is 219 g/mol. The molecule has 0 aliphatic carbocycles. The van der Waals surface area contributed by atoms with Gasteiger partial charge in [0.25, 0.3) is 0 Å². The topological polar surface area (TPSA) is 38.3 Å². The van der Waals surface area contributed by atoms with E-state index in [4.69, 9.17) is 4.74 Å². The van der Waals surface area contributed by atoms with Crippen LogP contribution in [-0.2, 0) is 4.79 Å². The maximum atomic E-state index is 10.6. The highest BCUT2D eigenvalue weighted by Crippen LogP contribution is 2.18. The maximum Gasteiger partial charge on any atom is 0.217 e. The molecule has 1 N–H and O–H groups in total. The number of aryl methyl sites for hydroxylation is 1. The van der Waals surface area contributed by atoms with E-state index in [0.29, 0.717) is 6.54 Å². The second kappa shape index (κ2) is 5.95. The van der Waals surface area contributed by atoms with Gasteiger partial charge in [0, 0.05) is 13.5 Å². The highest BCUT2D eigenvalue weighted by Gasteiger charge is 1.96. The largest absolute Gasteiger partial charge is 0.496 e. The number of carbonyl (C=O) groups is 1. The van der Waals surface area contributed by atoms with Crippen molar-refractivity contribution in [2.24, 2.45) is 0 Å². The van der Waals surface area contributed by atoms with Crippen molar-refractivity contribution in [3.63, 3.8) is 0 Å². The van der Waals surface area contributed by atoms with Crippen LogP contribution in [0.25, 0.3) is 6.08 Å². The third kappa shape index (κ3) is 3.77. The summed E-state index contributed by atoms with van der Waals surface area (Å²) in [6.45, 7) is 4.07. The standard InChI is InChI=1S/C13H17NO2/c1-10-9-12(6-7-13(10)16-3)5-4-8-14-11(2)15/h4-7,9H,8H2,1-3H3,(H,14,15). The smallest absolute Gasteiger partial charge is 0.217 e. The van der Waals surface area contributed by atoms with Gasteiger partial charge >= 0.3 is 0 Å². The van der Waals surface area contributed by atoms with Gasteiger partial charge in [0.2, 0.25) is 5.91 Å². The molecule has 3 nitrogen and oxygen atoms in total. The SMILES string of the molecule is COc1ccc(C=CCNC(C)=O)cc1C. The summed E-state index contributed by atoms with van der Waals surface area (Å²) >= 11 is 0. The fraction of sp³-hybridized carbons (Fsp3) is 0.308. The van der Waals surface area contributed by atoms with E-state index in [9.17, 15) is 4.79 Å². The zero-order valence-electron chi connectivity index (χ0n) is 9.91. The van der Waals surface area contributed by atoms with Crippen LogP contribution in [0.15, 0.2) is 24.3 Å². The van der Waals surface area contributed by atoms with Crippen LogP contribution >= 0.6 is 0 Å². The minimum atomic E-state index is -0.0180. The van der Waals surface area contributed by atoms with Crippen molar-refractivity contribution in [2.45, 2.75) is 13.8 Å². The van der Waals surface area contributed by atoms with E-state index in [1.807, 2.05) is 37.3 Å². The van der Waals surface area contributed by atoms with E-state index < -0.39 is 0 Å². The van der Waals surface area contributed by atoms with E-state index in [-0.39, 0.29) is 5.91 Å². The Kier molecular flexibility index (Phi) is 4.58. The molecule has 0 fully saturated rings. The molecule has 16 heavy (non-hydrogen) atoms. The molecule has 1 aromatic carbocycles. The van der Waals surface area contributed by atoms with E-state index in [0.717, 1.165) is 16.9 Å². The number of carbonyl (C=O) groups excluding carboxylic acids is 1. The van der Waals surface area contributed by atoms with Crippen LogP contribution in [0.1, 0.15) is 18.1 Å². The van der Waals surface area contributed by atoms with Crippen LogP contribution in [0.4, 0.5) is 0 Å². The molecule has 1 aromatic rings. The Hall–Kier alpha value is -1.77. The Labute approximate surface area is 96.1 Å². The highest BCUT2D eigenvalue weighted by atomic mass is 16.5. The first kappa shape index (κ1) is 12.3. The third-order valence-electron chi connectivity index (χ3n) is 2.20. The summed E-state index contributed by atoms with van der Waals surface area (Å²) in [5, 5.41) is 2.70. The van der Waals surface area contributed by atoms with E-state index in [1.165, 1.54) is 6.92 Å². The summed E-state index contributed by atoms with van der Waals surface area (Å²) < 4.78 is 5.18. The lowest BCUT2D eigenvalue weighted by molar-refractivity contribution is -0.118. The maximum absolute atomic E-state index is 10.6. The number of methoxy groups -OCH3 is 1. The molecule has 0 saturated carbocycles. The lowest BCUT2D eigenvalue weighted by Gasteiger charge is -2.04. The van der Waals surface area contributed by atoms with E-state index in [1.54, 1.807) is 7.11 Å². The van der Waals surface area contributed by atoms with Crippen LogP contribution in [0.3, 0.4) is 0 Å². The Balaban J connectivity index is 2.61. The molecule has 86 valence electrons. The molecule has 3 heteroatoms. The van der Waals surface area contributed by atoms with Crippen molar-refractivity contribution in [1.82, 2.24) is 5.32 Å². The predicted octanol–water partition coefficient (Wildman–Crippen LogP) is 2.15. The Morgan fingerprint density at radius 2 is 2.25 bits per heavy atom. The van der Waals surface area contributed by atoms with Gasteiger partial charge in [-0.1, -0.05) is 18.2 Å². The molecular formula is C13H17NO2. The molecule has 0 aliphatic rings. The number of ether oxygens (including phenoxy) is 1. The summed E-state index contributed by atoms with van der Waals surface area (Å²) in [5.41, 5.74) is 2.20. The van der Waals surface area contributed by atoms with Crippen molar-refractivity contribution in [1.29, 1.82) is 0 Å².